The van der Waals surface area contributed by atoms with Gasteiger partial charge in [-0.1, -0.05) is 13.3 Å². The Morgan fingerprint density at radius 2 is 2.04 bits per heavy atom. The molecule has 5 nitrogen and oxygen atoms in total. The standard InChI is InChI=1S/C19H22N4O/c1-4-6-7-17-16(12-24)18(14-8-13(3)9-20-10-14)15-11-21-23(5-2)19(15)22-17/h8-12H,4-7H2,1-3H3. The number of pyridine rings is 2. The SMILES string of the molecule is CCCCc1nc2c(cnn2CC)c(-c2cncc(C)c2)c1C=O. The summed E-state index contributed by atoms with van der Waals surface area (Å²) in [5, 5.41) is 5.35. The molecule has 3 aromatic heterocycles. The van der Waals surface area contributed by atoms with E-state index >= 15 is 0 Å². The molecule has 0 bridgehead atoms. The van der Waals surface area contributed by atoms with Gasteiger partial charge in [-0.3, -0.25) is 9.78 Å². The predicted molar refractivity (Wildman–Crippen MR) is 95.2 cm³/mol. The molecule has 0 aromatic carbocycles. The molecule has 0 aliphatic carbocycles. The monoisotopic (exact) mass is 322 g/mol. The van der Waals surface area contributed by atoms with Crippen LogP contribution in [0.25, 0.3) is 22.2 Å². The van der Waals surface area contributed by atoms with E-state index in [-0.39, 0.29) is 0 Å². The average Bonchev–Trinajstić information content (AvgIpc) is 3.00. The lowest BCUT2D eigenvalue weighted by molar-refractivity contribution is 0.112. The Kier molecular flexibility index (Phi) is 4.69. The van der Waals surface area contributed by atoms with Crippen LogP contribution in [-0.4, -0.2) is 26.0 Å². The smallest absolute Gasteiger partial charge is 0.158 e. The fraction of sp³-hybridized carbons (Fsp3) is 0.368. The van der Waals surface area contributed by atoms with Crippen molar-refractivity contribution in [3.63, 3.8) is 0 Å². The molecule has 3 rings (SSSR count). The van der Waals surface area contributed by atoms with Gasteiger partial charge in [0.05, 0.1) is 11.9 Å². The first-order valence-corrected chi connectivity index (χ1v) is 8.45. The molecular formula is C19H22N4O. The largest absolute Gasteiger partial charge is 0.298 e. The number of aldehydes is 1. The molecule has 3 heterocycles. The van der Waals surface area contributed by atoms with E-state index in [0.29, 0.717) is 5.56 Å². The summed E-state index contributed by atoms with van der Waals surface area (Å²) >= 11 is 0. The van der Waals surface area contributed by atoms with Crippen molar-refractivity contribution in [3.05, 3.63) is 41.5 Å². The maximum absolute atomic E-state index is 11.9. The number of aryl methyl sites for hydroxylation is 3. The summed E-state index contributed by atoms with van der Waals surface area (Å²) in [7, 11) is 0. The quantitative estimate of drug-likeness (QED) is 0.644. The Bertz CT molecular complexity index is 882. The van der Waals surface area contributed by atoms with Crippen molar-refractivity contribution in [2.75, 3.05) is 0 Å². The Hall–Kier alpha value is -2.56. The first-order chi connectivity index (χ1) is 11.7. The third kappa shape index (κ3) is 2.82. The van der Waals surface area contributed by atoms with Gasteiger partial charge >= 0.3 is 0 Å². The number of nitrogens with zero attached hydrogens (tertiary/aromatic N) is 4. The molecule has 0 amide bonds. The molecule has 0 spiro atoms. The van der Waals surface area contributed by atoms with Crippen LogP contribution < -0.4 is 0 Å². The highest BCUT2D eigenvalue weighted by atomic mass is 16.1. The molecule has 3 aromatic rings. The molecule has 0 saturated heterocycles. The number of unbranched alkanes of at least 4 members (excludes halogenated alkanes) is 1. The molecule has 0 aliphatic rings. The number of hydrogen-bond acceptors (Lipinski definition) is 4. The van der Waals surface area contributed by atoms with Gasteiger partial charge in [0.1, 0.15) is 0 Å². The number of fused-ring (bicyclic) bond motifs is 1. The van der Waals surface area contributed by atoms with Crippen LogP contribution in [0.15, 0.2) is 24.7 Å². The maximum Gasteiger partial charge on any atom is 0.158 e. The minimum absolute atomic E-state index is 0.666. The summed E-state index contributed by atoms with van der Waals surface area (Å²) < 4.78 is 1.88. The van der Waals surface area contributed by atoms with E-state index in [4.69, 9.17) is 4.98 Å². The highest BCUT2D eigenvalue weighted by Gasteiger charge is 2.19. The lowest BCUT2D eigenvalue weighted by Crippen LogP contribution is -2.05. The van der Waals surface area contributed by atoms with Gasteiger partial charge < -0.3 is 0 Å². The number of aromatic nitrogens is 4. The maximum atomic E-state index is 11.9. The van der Waals surface area contributed by atoms with E-state index in [1.54, 1.807) is 6.20 Å². The molecule has 0 radical (unpaired) electrons. The second-order valence-corrected chi connectivity index (χ2v) is 6.02. The molecular weight excluding hydrogens is 300 g/mol. The Balaban J connectivity index is 2.35. The minimum Gasteiger partial charge on any atom is -0.298 e. The van der Waals surface area contributed by atoms with E-state index in [1.807, 2.05) is 30.9 Å². The fourth-order valence-electron chi connectivity index (χ4n) is 3.05. The van der Waals surface area contributed by atoms with Gasteiger partial charge in [-0.25, -0.2) is 9.67 Å². The summed E-state index contributed by atoms with van der Waals surface area (Å²) in [6, 6.07) is 2.06. The normalized spacial score (nSPS) is 11.1. The van der Waals surface area contributed by atoms with Crippen molar-refractivity contribution in [1.82, 2.24) is 19.7 Å². The third-order valence-electron chi connectivity index (χ3n) is 4.25. The van der Waals surface area contributed by atoms with E-state index in [0.717, 1.165) is 65.5 Å². The van der Waals surface area contributed by atoms with Gasteiger partial charge in [0, 0.05) is 41.0 Å². The summed E-state index contributed by atoms with van der Waals surface area (Å²) in [4.78, 5) is 21.0. The molecule has 0 unspecified atom stereocenters. The Labute approximate surface area is 141 Å². The van der Waals surface area contributed by atoms with E-state index in [9.17, 15) is 4.79 Å². The van der Waals surface area contributed by atoms with Crippen LogP contribution in [0.1, 0.15) is 48.3 Å². The van der Waals surface area contributed by atoms with Crippen LogP contribution in [0.2, 0.25) is 0 Å². The molecule has 0 saturated carbocycles. The Morgan fingerprint density at radius 3 is 2.71 bits per heavy atom. The lowest BCUT2D eigenvalue weighted by atomic mass is 9.95. The van der Waals surface area contributed by atoms with Gasteiger partial charge in [-0.15, -0.1) is 0 Å². The van der Waals surface area contributed by atoms with Crippen LogP contribution in [0.4, 0.5) is 0 Å². The second kappa shape index (κ2) is 6.91. The summed E-state index contributed by atoms with van der Waals surface area (Å²) in [5.41, 5.74) is 5.26. The van der Waals surface area contributed by atoms with Crippen LogP contribution in [0.3, 0.4) is 0 Å². The summed E-state index contributed by atoms with van der Waals surface area (Å²) in [6.07, 6.45) is 9.22. The highest BCUT2D eigenvalue weighted by molar-refractivity contribution is 6.02. The first kappa shape index (κ1) is 16.3. The topological polar surface area (TPSA) is 60.7 Å². The van der Waals surface area contributed by atoms with Gasteiger partial charge in [0.2, 0.25) is 0 Å². The van der Waals surface area contributed by atoms with E-state index in [1.165, 1.54) is 0 Å². The first-order valence-electron chi connectivity index (χ1n) is 8.45. The van der Waals surface area contributed by atoms with Crippen molar-refractivity contribution in [1.29, 1.82) is 0 Å². The summed E-state index contributed by atoms with van der Waals surface area (Å²) in [6.45, 7) is 6.93. The van der Waals surface area contributed by atoms with Crippen LogP contribution in [-0.2, 0) is 13.0 Å². The predicted octanol–water partition coefficient (Wildman–Crippen LogP) is 3.98. The van der Waals surface area contributed by atoms with E-state index < -0.39 is 0 Å². The lowest BCUT2D eigenvalue weighted by Gasteiger charge is -2.12. The average molecular weight is 322 g/mol. The number of carbonyl (C=O) groups excluding carboxylic acids is 1. The van der Waals surface area contributed by atoms with Gasteiger partial charge in [0.25, 0.3) is 0 Å². The van der Waals surface area contributed by atoms with Crippen molar-refractivity contribution >= 4 is 17.3 Å². The van der Waals surface area contributed by atoms with Gasteiger partial charge in [0.15, 0.2) is 11.9 Å². The van der Waals surface area contributed by atoms with Gasteiger partial charge in [-0.2, -0.15) is 5.10 Å². The minimum atomic E-state index is 0.666. The van der Waals surface area contributed by atoms with Crippen molar-refractivity contribution in [2.24, 2.45) is 0 Å². The molecule has 24 heavy (non-hydrogen) atoms. The number of rotatable bonds is 6. The van der Waals surface area contributed by atoms with Crippen LogP contribution in [0.5, 0.6) is 0 Å². The van der Waals surface area contributed by atoms with E-state index in [2.05, 4.69) is 23.1 Å². The molecule has 0 aliphatic heterocycles. The molecule has 0 N–H and O–H groups in total. The third-order valence-corrected chi connectivity index (χ3v) is 4.25. The zero-order valence-electron chi connectivity index (χ0n) is 14.4. The zero-order valence-corrected chi connectivity index (χ0v) is 14.4. The van der Waals surface area contributed by atoms with Crippen molar-refractivity contribution < 1.29 is 4.79 Å². The fourth-order valence-corrected chi connectivity index (χ4v) is 3.05. The number of carbonyl (C=O) groups is 1. The second-order valence-electron chi connectivity index (χ2n) is 6.02. The molecule has 0 fully saturated rings. The van der Waals surface area contributed by atoms with Crippen LogP contribution >= 0.6 is 0 Å². The Morgan fingerprint density at radius 1 is 1.21 bits per heavy atom. The molecule has 0 atom stereocenters. The van der Waals surface area contributed by atoms with Crippen molar-refractivity contribution in [3.8, 4) is 11.1 Å². The molecule has 5 heteroatoms. The van der Waals surface area contributed by atoms with Crippen molar-refractivity contribution in [2.45, 2.75) is 46.6 Å². The number of hydrogen-bond donors (Lipinski definition) is 0. The van der Waals surface area contributed by atoms with Crippen LogP contribution in [0, 0.1) is 6.92 Å². The summed E-state index contributed by atoms with van der Waals surface area (Å²) in [5.74, 6) is 0. The van der Waals surface area contributed by atoms with Gasteiger partial charge in [-0.05, 0) is 38.3 Å². The highest BCUT2D eigenvalue weighted by Crippen LogP contribution is 2.33. The zero-order chi connectivity index (χ0) is 17.1. The molecule has 124 valence electrons.